The molecule has 0 aliphatic carbocycles. The van der Waals surface area contributed by atoms with E-state index < -0.39 is 20.1 Å². The molecular weight excluding hydrogens is 428 g/mol. The molecule has 0 aliphatic rings. The van der Waals surface area contributed by atoms with Crippen LogP contribution in [0, 0.1) is 5.82 Å². The SMILES string of the molecule is CC(=O)NO[As](=O)(OO)c1cc(-c2ccc(F)cc2)ccc1-c1ccccc1. The molecule has 1 atom stereocenters. The van der Waals surface area contributed by atoms with Gasteiger partial charge in [0.25, 0.3) is 0 Å². The second-order valence-corrected chi connectivity index (χ2v) is 9.76. The number of carbonyl (C=O) groups is 1. The summed E-state index contributed by atoms with van der Waals surface area (Å²) in [7, 11) is 0. The fourth-order valence-corrected chi connectivity index (χ4v) is 5.33. The van der Waals surface area contributed by atoms with Crippen molar-refractivity contribution in [3.8, 4) is 22.3 Å². The van der Waals surface area contributed by atoms with Crippen LogP contribution in [0.25, 0.3) is 22.3 Å². The van der Waals surface area contributed by atoms with E-state index in [0.29, 0.717) is 22.3 Å². The standard InChI is InChI=1S/C20H17AsFNO5/c1-14(24)23-27-21(25,28-26)20-13-17(15-7-10-18(22)11-8-15)9-12-19(20)16-5-3-2-4-6-16/h2-13,26H,1H3,(H,23,24). The Morgan fingerprint density at radius 3 is 2.21 bits per heavy atom. The third kappa shape index (κ3) is 4.40. The average Bonchev–Trinajstić information content (AvgIpc) is 2.73. The molecule has 8 heteroatoms. The van der Waals surface area contributed by atoms with E-state index in [0.717, 1.165) is 0 Å². The minimum absolute atomic E-state index is 0.0994. The van der Waals surface area contributed by atoms with Gasteiger partial charge in [0, 0.05) is 0 Å². The maximum absolute atomic E-state index is 13.2. The fourth-order valence-electron chi connectivity index (χ4n) is 2.68. The van der Waals surface area contributed by atoms with Gasteiger partial charge in [-0.1, -0.05) is 0 Å². The normalized spacial score (nSPS) is 13.0. The van der Waals surface area contributed by atoms with Gasteiger partial charge in [-0.2, -0.15) is 0 Å². The van der Waals surface area contributed by atoms with Crippen molar-refractivity contribution in [2.45, 2.75) is 6.92 Å². The zero-order chi connectivity index (χ0) is 20.1. The van der Waals surface area contributed by atoms with E-state index in [1.165, 1.54) is 25.1 Å². The molecule has 3 aromatic carbocycles. The quantitative estimate of drug-likeness (QED) is 0.346. The summed E-state index contributed by atoms with van der Waals surface area (Å²) < 4.78 is 35.8. The number of hydrogen-bond donors (Lipinski definition) is 2. The van der Waals surface area contributed by atoms with Gasteiger partial charge in [-0.15, -0.1) is 0 Å². The summed E-state index contributed by atoms with van der Waals surface area (Å²) in [6.45, 7) is 1.17. The summed E-state index contributed by atoms with van der Waals surface area (Å²) in [5.74, 6) is -0.984. The van der Waals surface area contributed by atoms with Gasteiger partial charge >= 0.3 is 164 Å². The van der Waals surface area contributed by atoms with Crippen molar-refractivity contribution in [3.63, 3.8) is 0 Å². The first kappa shape index (κ1) is 20.0. The first-order valence-electron chi connectivity index (χ1n) is 8.27. The molecular formula is C20H17AsFNO5. The van der Waals surface area contributed by atoms with E-state index in [9.17, 15) is 18.2 Å². The Hall–Kier alpha value is -2.70. The third-order valence-electron chi connectivity index (χ3n) is 3.97. The van der Waals surface area contributed by atoms with Gasteiger partial charge in [0.05, 0.1) is 0 Å². The van der Waals surface area contributed by atoms with Gasteiger partial charge < -0.3 is 0 Å². The third-order valence-corrected chi connectivity index (χ3v) is 7.13. The van der Waals surface area contributed by atoms with E-state index in [4.69, 9.17) is 3.83 Å². The second-order valence-electron chi connectivity index (χ2n) is 5.93. The molecule has 6 nitrogen and oxygen atoms in total. The number of hydroxylamine groups is 1. The average molecular weight is 445 g/mol. The van der Waals surface area contributed by atoms with Gasteiger partial charge in [-0.3, -0.25) is 0 Å². The first-order valence-corrected chi connectivity index (χ1v) is 11.5. The summed E-state index contributed by atoms with van der Waals surface area (Å²) in [5.41, 5.74) is 4.47. The number of carbonyl (C=O) groups excluding carboxylic acids is 1. The number of benzene rings is 3. The molecule has 0 aliphatic heterocycles. The van der Waals surface area contributed by atoms with Crippen LogP contribution in [0.2, 0.25) is 0 Å². The molecule has 0 heterocycles. The van der Waals surface area contributed by atoms with E-state index in [2.05, 4.69) is 3.88 Å². The van der Waals surface area contributed by atoms with Crippen LogP contribution in [-0.2, 0) is 16.2 Å². The summed E-state index contributed by atoms with van der Waals surface area (Å²) in [4.78, 5) is 11.2. The van der Waals surface area contributed by atoms with Crippen LogP contribution in [0.3, 0.4) is 0 Å². The molecule has 0 spiro atoms. The van der Waals surface area contributed by atoms with Crippen LogP contribution in [0.15, 0.2) is 72.8 Å². The van der Waals surface area contributed by atoms with Crippen molar-refractivity contribution in [3.05, 3.63) is 78.6 Å². The Morgan fingerprint density at radius 2 is 1.61 bits per heavy atom. The molecule has 3 rings (SSSR count). The molecule has 0 saturated carbocycles. The molecule has 3 aromatic rings. The summed E-state index contributed by atoms with van der Waals surface area (Å²) in [6.07, 6.45) is 0. The van der Waals surface area contributed by atoms with Crippen LogP contribution in [-0.4, -0.2) is 25.3 Å². The number of amides is 1. The molecule has 1 unspecified atom stereocenters. The van der Waals surface area contributed by atoms with Crippen LogP contribution in [0.1, 0.15) is 6.92 Å². The van der Waals surface area contributed by atoms with Gasteiger partial charge in [-0.25, -0.2) is 0 Å². The predicted molar refractivity (Wildman–Crippen MR) is 102 cm³/mol. The Labute approximate surface area is 163 Å². The van der Waals surface area contributed by atoms with E-state index in [1.54, 1.807) is 48.5 Å². The van der Waals surface area contributed by atoms with Crippen molar-refractivity contribution in [2.75, 3.05) is 0 Å². The van der Waals surface area contributed by atoms with Crippen molar-refractivity contribution in [1.82, 2.24) is 5.48 Å². The van der Waals surface area contributed by atoms with Crippen LogP contribution >= 0.6 is 0 Å². The van der Waals surface area contributed by atoms with Crippen molar-refractivity contribution in [1.29, 1.82) is 0 Å². The first-order chi connectivity index (χ1) is 13.4. The van der Waals surface area contributed by atoms with Crippen LogP contribution < -0.4 is 9.83 Å². The van der Waals surface area contributed by atoms with Gasteiger partial charge in [0.15, 0.2) is 0 Å². The van der Waals surface area contributed by atoms with Crippen molar-refractivity contribution >= 4 is 24.4 Å². The Kier molecular flexibility index (Phi) is 6.11. The summed E-state index contributed by atoms with van der Waals surface area (Å²) >= 11 is -5.08. The Morgan fingerprint density at radius 1 is 0.964 bits per heavy atom. The van der Waals surface area contributed by atoms with E-state index >= 15 is 0 Å². The molecule has 1 amide bonds. The number of nitrogens with one attached hydrogen (secondary N) is 1. The Bertz CT molecular complexity index is 1020. The van der Waals surface area contributed by atoms with E-state index in [-0.39, 0.29) is 10.2 Å². The van der Waals surface area contributed by atoms with Crippen molar-refractivity contribution in [2.24, 2.45) is 0 Å². The molecule has 0 bridgehead atoms. The molecule has 0 radical (unpaired) electrons. The molecule has 0 saturated heterocycles. The summed E-state index contributed by atoms with van der Waals surface area (Å²) in [5, 5.41) is 9.36. The van der Waals surface area contributed by atoms with Gasteiger partial charge in [0.2, 0.25) is 0 Å². The monoisotopic (exact) mass is 445 g/mol. The predicted octanol–water partition coefficient (Wildman–Crippen LogP) is 3.29. The Balaban J connectivity index is 2.17. The van der Waals surface area contributed by atoms with Crippen molar-refractivity contribution < 1.29 is 25.9 Å². The minimum atomic E-state index is -5.08. The van der Waals surface area contributed by atoms with Crippen LogP contribution in [0.5, 0.6) is 0 Å². The molecule has 2 N–H and O–H groups in total. The van der Waals surface area contributed by atoms with Crippen LogP contribution in [0.4, 0.5) is 4.39 Å². The zero-order valence-corrected chi connectivity index (χ0v) is 16.7. The molecule has 0 aromatic heterocycles. The number of halogens is 1. The zero-order valence-electron chi connectivity index (χ0n) is 14.8. The molecule has 28 heavy (non-hydrogen) atoms. The van der Waals surface area contributed by atoms with Gasteiger partial charge in [-0.05, 0) is 0 Å². The fraction of sp³-hybridized carbons (Fsp3) is 0.0500. The molecule has 144 valence electrons. The number of rotatable bonds is 6. The van der Waals surface area contributed by atoms with E-state index in [1.807, 2.05) is 11.5 Å². The maximum atomic E-state index is 13.2. The topological polar surface area (TPSA) is 84.9 Å². The summed E-state index contributed by atoms with van der Waals surface area (Å²) in [6, 6.07) is 19.8. The number of hydrogen-bond acceptors (Lipinski definition) is 5. The second kappa shape index (κ2) is 8.54. The molecule has 0 fully saturated rings. The van der Waals surface area contributed by atoms with Gasteiger partial charge in [0.1, 0.15) is 0 Å².